The first kappa shape index (κ1) is 49.5. The van der Waals surface area contributed by atoms with Crippen molar-refractivity contribution in [3.05, 3.63) is 119 Å². The van der Waals surface area contributed by atoms with Crippen molar-refractivity contribution in [1.82, 2.24) is 0 Å². The molecule has 3 nitrogen and oxygen atoms in total. The van der Waals surface area contributed by atoms with Crippen molar-refractivity contribution in [3.63, 3.8) is 0 Å². The van der Waals surface area contributed by atoms with Crippen LogP contribution in [0.15, 0.2) is 97.1 Å². The summed E-state index contributed by atoms with van der Waals surface area (Å²) in [4.78, 5) is 0. The van der Waals surface area contributed by atoms with Crippen LogP contribution in [0.5, 0.6) is 11.5 Å². The van der Waals surface area contributed by atoms with E-state index in [1.54, 1.807) is 0 Å². The second kappa shape index (κ2) is 30.5. The van der Waals surface area contributed by atoms with Gasteiger partial charge < -0.3 is 16.2 Å². The summed E-state index contributed by atoms with van der Waals surface area (Å²) in [5.74, 6) is 41.9. The number of terminal acetylenes is 4. The van der Waals surface area contributed by atoms with Crippen LogP contribution in [0.1, 0.15) is 34.3 Å². The molecular formula is C52H34Cl2N2OP2Ru+4. The molecular weight excluding hydrogens is 903 g/mol. The summed E-state index contributed by atoms with van der Waals surface area (Å²) in [7, 11) is 6.02. The average molecular weight is 937 g/mol. The Balaban J connectivity index is 0.000000535. The van der Waals surface area contributed by atoms with Gasteiger partial charge in [0.2, 0.25) is 0 Å². The summed E-state index contributed by atoms with van der Waals surface area (Å²) in [5, 5.41) is 1.63. The summed E-state index contributed by atoms with van der Waals surface area (Å²) in [6, 6.07) is 31.2. The first-order valence-corrected chi connectivity index (χ1v) is 24.7. The monoisotopic (exact) mass is 936 g/mol. The van der Waals surface area contributed by atoms with Crippen LogP contribution in [0.25, 0.3) is 0 Å². The van der Waals surface area contributed by atoms with Gasteiger partial charge in [0.15, 0.2) is 38.0 Å². The summed E-state index contributed by atoms with van der Waals surface area (Å²) in [6.45, 7) is 3.95. The van der Waals surface area contributed by atoms with Crippen molar-refractivity contribution in [2.45, 2.75) is 25.9 Å². The van der Waals surface area contributed by atoms with E-state index in [0.29, 0.717) is 11.5 Å². The van der Waals surface area contributed by atoms with Crippen LogP contribution in [0.4, 0.5) is 0 Å². The number of halogens is 2. The van der Waals surface area contributed by atoms with E-state index in [0.717, 1.165) is 32.9 Å². The Hall–Kier alpha value is -6.62. The van der Waals surface area contributed by atoms with Gasteiger partial charge in [-0.2, -0.15) is 0 Å². The normalized spacial score (nSPS) is 9.27. The fourth-order valence-electron chi connectivity index (χ4n) is 4.72. The van der Waals surface area contributed by atoms with Gasteiger partial charge in [-0.3, -0.25) is 0 Å². The Bertz CT molecular complexity index is 2510. The molecule has 0 aliphatic carbocycles. The van der Waals surface area contributed by atoms with Crippen molar-refractivity contribution in [3.8, 4) is 155 Å². The van der Waals surface area contributed by atoms with Crippen LogP contribution >= 0.6 is 35.2 Å². The van der Waals surface area contributed by atoms with E-state index in [9.17, 15) is 0 Å². The van der Waals surface area contributed by atoms with Gasteiger partial charge in [0, 0.05) is 59.4 Å². The minimum atomic E-state index is -1.85. The van der Waals surface area contributed by atoms with Gasteiger partial charge in [-0.15, -0.1) is 25.7 Å². The fourth-order valence-corrected chi connectivity index (χ4v) is 7.64. The summed E-state index contributed by atoms with van der Waals surface area (Å²) >= 11 is -0.346. The van der Waals surface area contributed by atoms with Crippen LogP contribution in [-0.4, -0.2) is 0 Å². The number of nitrogens with two attached hydrogens (primary N) is 2. The Kier molecular flexibility index (Phi) is 25.1. The van der Waals surface area contributed by atoms with Crippen molar-refractivity contribution < 1.29 is 19.9 Å². The molecule has 0 amide bonds. The number of hydrogen-bond acceptors (Lipinski definition) is 3. The Labute approximate surface area is 374 Å². The van der Waals surface area contributed by atoms with Gasteiger partial charge >= 0.3 is 34.5 Å². The van der Waals surface area contributed by atoms with Crippen molar-refractivity contribution in [2.24, 2.45) is 11.5 Å². The quantitative estimate of drug-likeness (QED) is 0.113. The van der Waals surface area contributed by atoms with Gasteiger partial charge in [0.1, 0.15) is 22.6 Å². The molecule has 4 N–H and O–H groups in total. The molecule has 8 heteroatoms. The predicted octanol–water partition coefficient (Wildman–Crippen LogP) is 7.93. The van der Waals surface area contributed by atoms with Gasteiger partial charge in [0.05, 0.1) is 0 Å². The van der Waals surface area contributed by atoms with Crippen LogP contribution in [0, 0.1) is 157 Å². The first-order valence-electron chi connectivity index (χ1n) is 17.2. The topological polar surface area (TPSA) is 61.3 Å². The van der Waals surface area contributed by atoms with Gasteiger partial charge in [-0.1, -0.05) is 72.8 Å². The standard InChI is InChI=1S/C38H16OP2.C14H16N2.2ClH.Ru/c1-7-11-15-19-27-40(28-20-16-12-8-2)37-31-33(5)23-25-35(37)39-36-26-24-34(6)32-38(36)41(29-21-17-13-9-3)30-22-18-14-10-4;15-13(11-7-3-1-4-8-11)14(16)12-9-5-2-6-10-12;;;/h1-4,23-26,31-32H,5-6H3;1-10,13-14H,15-16H2;2*1H;/q;;;;+4. The second-order valence-electron chi connectivity index (χ2n) is 11.4. The molecule has 0 aromatic heterocycles. The molecule has 0 aliphatic heterocycles. The Morgan fingerprint density at radius 2 is 0.783 bits per heavy atom. The van der Waals surface area contributed by atoms with Crippen molar-refractivity contribution >= 4 is 45.8 Å². The van der Waals surface area contributed by atoms with E-state index in [2.05, 4.69) is 117 Å². The van der Waals surface area contributed by atoms with Crippen LogP contribution in [0.2, 0.25) is 0 Å². The molecule has 60 heavy (non-hydrogen) atoms. The van der Waals surface area contributed by atoms with E-state index in [-0.39, 0.29) is 27.2 Å². The summed E-state index contributed by atoms with van der Waals surface area (Å²) in [6.07, 6.45) is 20.9. The molecule has 4 rings (SSSR count). The molecule has 4 aromatic rings. The zero-order valence-corrected chi connectivity index (χ0v) is 37.6. The molecule has 0 spiro atoms. The van der Waals surface area contributed by atoms with Crippen LogP contribution < -0.4 is 26.8 Å². The number of aryl methyl sites for hydroxylation is 2. The number of hydrogen-bond donors (Lipinski definition) is 2. The molecule has 0 bridgehead atoms. The van der Waals surface area contributed by atoms with E-state index >= 15 is 0 Å². The molecule has 2 unspecified atom stereocenters. The third-order valence-electron chi connectivity index (χ3n) is 7.32. The minimum absolute atomic E-state index is 0.163. The van der Waals surface area contributed by atoms with Gasteiger partial charge in [0.25, 0.3) is 0 Å². The third kappa shape index (κ3) is 18.8. The second-order valence-corrected chi connectivity index (χ2v) is 17.6. The SMILES string of the molecule is C#CC#CC#C[PH+](C#CC#CC#C)c1cc(C)ccc1Oc1ccc(C)cc1[PH+](C#CC#CC#C)C#CC#CC#C.NC(c1ccccc1)C(N)c1ccccc1.[Cl][Ru+2][Cl]. The maximum atomic E-state index is 6.53. The molecule has 2 atom stereocenters. The van der Waals surface area contributed by atoms with E-state index in [1.807, 2.05) is 111 Å². The predicted molar refractivity (Wildman–Crippen MR) is 254 cm³/mol. The van der Waals surface area contributed by atoms with Gasteiger partial charge in [-0.25, -0.2) is 0 Å². The molecule has 0 saturated carbocycles. The van der Waals surface area contributed by atoms with E-state index < -0.39 is 15.8 Å². The zero-order chi connectivity index (χ0) is 43.8. The summed E-state index contributed by atoms with van der Waals surface area (Å²) < 4.78 is 6.53. The molecule has 0 aliphatic rings. The molecule has 0 radical (unpaired) electrons. The number of ether oxygens (including phenoxy) is 1. The molecule has 0 heterocycles. The molecule has 286 valence electrons. The molecule has 0 saturated heterocycles. The van der Waals surface area contributed by atoms with Gasteiger partial charge in [-0.05, 0) is 108 Å². The molecule has 0 fully saturated rings. The number of benzene rings is 4. The van der Waals surface area contributed by atoms with E-state index in [4.69, 9.17) is 61.3 Å². The van der Waals surface area contributed by atoms with Crippen molar-refractivity contribution in [1.29, 1.82) is 0 Å². The van der Waals surface area contributed by atoms with E-state index in [1.165, 1.54) is 0 Å². The summed E-state index contributed by atoms with van der Waals surface area (Å²) in [5.41, 5.74) is 29.0. The Morgan fingerprint density at radius 3 is 1.07 bits per heavy atom. The first-order chi connectivity index (χ1) is 29.2. The average Bonchev–Trinajstić information content (AvgIpc) is 3.27. The third-order valence-corrected chi connectivity index (χ3v) is 10.7. The Morgan fingerprint density at radius 1 is 0.483 bits per heavy atom. The fraction of sp³-hybridized carbons (Fsp3) is 0.0769. The van der Waals surface area contributed by atoms with Crippen LogP contribution in [-0.2, 0) is 15.1 Å². The van der Waals surface area contributed by atoms with Crippen LogP contribution in [0.3, 0.4) is 0 Å². The maximum absolute atomic E-state index is 6.53. The molecule has 4 aromatic carbocycles. The number of rotatable bonds is 7. The zero-order valence-electron chi connectivity index (χ0n) is 32.4. The van der Waals surface area contributed by atoms with Crippen molar-refractivity contribution in [2.75, 3.05) is 0 Å².